The molecule has 1 fully saturated rings. The van der Waals surface area contributed by atoms with E-state index in [9.17, 15) is 14.4 Å². The van der Waals surface area contributed by atoms with Crippen LogP contribution in [-0.2, 0) is 14.3 Å². The van der Waals surface area contributed by atoms with Gasteiger partial charge in [-0.2, -0.15) is 0 Å². The predicted octanol–water partition coefficient (Wildman–Crippen LogP) is -0.617. The van der Waals surface area contributed by atoms with Crippen molar-refractivity contribution in [2.24, 2.45) is 11.7 Å². The molecule has 1 aliphatic rings. The number of primary amides is 1. The van der Waals surface area contributed by atoms with Gasteiger partial charge in [-0.15, -0.1) is 0 Å². The van der Waals surface area contributed by atoms with Gasteiger partial charge < -0.3 is 25.8 Å². The van der Waals surface area contributed by atoms with Crippen molar-refractivity contribution in [2.75, 3.05) is 26.8 Å². The van der Waals surface area contributed by atoms with E-state index in [4.69, 9.17) is 15.6 Å². The van der Waals surface area contributed by atoms with Crippen LogP contribution in [0.1, 0.15) is 19.3 Å². The van der Waals surface area contributed by atoms with Gasteiger partial charge in [-0.1, -0.05) is 0 Å². The number of hydrogen-bond donors (Lipinski definition) is 3. The first-order valence-electron chi connectivity index (χ1n) is 6.50. The fourth-order valence-corrected chi connectivity index (χ4v) is 2.06. The fourth-order valence-electron chi connectivity index (χ4n) is 2.06. The number of rotatable bonds is 6. The van der Waals surface area contributed by atoms with Crippen LogP contribution < -0.4 is 11.1 Å². The number of carboxylic acid groups (broad SMARTS) is 1. The molecule has 1 rings (SSSR count). The topological polar surface area (TPSA) is 122 Å². The largest absolute Gasteiger partial charge is 0.480 e. The Morgan fingerprint density at radius 3 is 2.50 bits per heavy atom. The van der Waals surface area contributed by atoms with E-state index in [0.29, 0.717) is 25.7 Å². The number of nitrogens with zero attached hydrogens (tertiary/aromatic N) is 1. The Bertz CT molecular complexity index is 368. The number of nitrogens with two attached hydrogens (primary N) is 1. The van der Waals surface area contributed by atoms with E-state index >= 15 is 0 Å². The molecular weight excluding hydrogens is 266 g/mol. The summed E-state index contributed by atoms with van der Waals surface area (Å²) >= 11 is 0. The Balaban J connectivity index is 2.45. The number of hydrogen-bond acceptors (Lipinski definition) is 4. The molecule has 0 saturated carbocycles. The van der Waals surface area contributed by atoms with Crippen LogP contribution in [0.25, 0.3) is 0 Å². The maximum Gasteiger partial charge on any atom is 0.326 e. The molecule has 0 unspecified atom stereocenters. The van der Waals surface area contributed by atoms with Crippen LogP contribution in [-0.4, -0.2) is 60.8 Å². The monoisotopic (exact) mass is 287 g/mol. The van der Waals surface area contributed by atoms with Gasteiger partial charge in [0.2, 0.25) is 5.91 Å². The minimum atomic E-state index is -1.29. The van der Waals surface area contributed by atoms with Gasteiger partial charge in [0, 0.05) is 26.8 Å². The Morgan fingerprint density at radius 2 is 2.00 bits per heavy atom. The molecule has 4 N–H and O–H groups in total. The molecule has 3 amide bonds. The van der Waals surface area contributed by atoms with E-state index in [1.165, 1.54) is 4.90 Å². The lowest BCUT2D eigenvalue weighted by atomic mass is 10.00. The quantitative estimate of drug-likeness (QED) is 0.601. The second-order valence-electron chi connectivity index (χ2n) is 4.95. The molecule has 0 aromatic rings. The summed E-state index contributed by atoms with van der Waals surface area (Å²) in [5.74, 6) is -1.71. The number of aliphatic carboxylic acids is 1. The van der Waals surface area contributed by atoms with Crippen LogP contribution in [0.3, 0.4) is 0 Å². The van der Waals surface area contributed by atoms with Gasteiger partial charge in [0.25, 0.3) is 0 Å². The lowest BCUT2D eigenvalue weighted by Crippen LogP contribution is -2.49. The van der Waals surface area contributed by atoms with Crippen LogP contribution in [0.4, 0.5) is 4.79 Å². The summed E-state index contributed by atoms with van der Waals surface area (Å²) in [5, 5.41) is 11.2. The number of carbonyl (C=O) groups is 3. The number of nitrogens with one attached hydrogen (secondary N) is 1. The summed E-state index contributed by atoms with van der Waals surface area (Å²) < 4.78 is 5.23. The van der Waals surface area contributed by atoms with E-state index in [2.05, 4.69) is 5.32 Å². The average molecular weight is 287 g/mol. The van der Waals surface area contributed by atoms with Crippen molar-refractivity contribution in [3.05, 3.63) is 0 Å². The minimum Gasteiger partial charge on any atom is -0.480 e. The molecule has 0 bridgehead atoms. The Labute approximate surface area is 117 Å². The van der Waals surface area contributed by atoms with E-state index in [-0.39, 0.29) is 0 Å². The zero-order valence-electron chi connectivity index (χ0n) is 11.5. The van der Waals surface area contributed by atoms with Gasteiger partial charge in [0.15, 0.2) is 0 Å². The lowest BCUT2D eigenvalue weighted by molar-refractivity contribution is -0.140. The molecule has 1 saturated heterocycles. The zero-order chi connectivity index (χ0) is 15.1. The van der Waals surface area contributed by atoms with Crippen LogP contribution >= 0.6 is 0 Å². The SMILES string of the molecule is CN(CC1CCOCC1)C(=O)N[C@H](CC(N)=O)C(=O)O. The lowest BCUT2D eigenvalue weighted by Gasteiger charge is -2.28. The maximum absolute atomic E-state index is 11.9. The highest BCUT2D eigenvalue weighted by Crippen LogP contribution is 2.15. The van der Waals surface area contributed by atoms with Crippen molar-refractivity contribution in [1.29, 1.82) is 0 Å². The first-order chi connectivity index (χ1) is 9.40. The average Bonchev–Trinajstić information content (AvgIpc) is 2.38. The molecule has 20 heavy (non-hydrogen) atoms. The molecule has 8 heteroatoms. The molecule has 1 aliphatic heterocycles. The number of ether oxygens (including phenoxy) is 1. The predicted molar refractivity (Wildman–Crippen MR) is 69.9 cm³/mol. The van der Waals surface area contributed by atoms with Gasteiger partial charge in [-0.25, -0.2) is 9.59 Å². The molecule has 1 atom stereocenters. The van der Waals surface area contributed by atoms with Crippen molar-refractivity contribution in [2.45, 2.75) is 25.3 Å². The van der Waals surface area contributed by atoms with Crippen molar-refractivity contribution < 1.29 is 24.2 Å². The summed E-state index contributed by atoms with van der Waals surface area (Å²) in [7, 11) is 1.59. The number of amides is 3. The van der Waals surface area contributed by atoms with Crippen LogP contribution in [0.5, 0.6) is 0 Å². The number of carbonyl (C=O) groups excluding carboxylic acids is 2. The molecule has 8 nitrogen and oxygen atoms in total. The van der Waals surface area contributed by atoms with Gasteiger partial charge in [-0.05, 0) is 18.8 Å². The van der Waals surface area contributed by atoms with Crippen molar-refractivity contribution in [3.63, 3.8) is 0 Å². The molecule has 0 spiro atoms. The third-order valence-corrected chi connectivity index (χ3v) is 3.22. The highest BCUT2D eigenvalue weighted by Gasteiger charge is 2.25. The van der Waals surface area contributed by atoms with E-state index in [0.717, 1.165) is 12.8 Å². The molecule has 0 aromatic carbocycles. The third kappa shape index (κ3) is 5.43. The van der Waals surface area contributed by atoms with E-state index < -0.39 is 30.4 Å². The molecular formula is C12H21N3O5. The highest BCUT2D eigenvalue weighted by atomic mass is 16.5. The highest BCUT2D eigenvalue weighted by molar-refractivity contribution is 5.87. The first kappa shape index (κ1) is 16.2. The standard InChI is InChI=1S/C12H21N3O5/c1-15(7-8-2-4-20-5-3-8)12(19)14-9(11(17)18)6-10(13)16/h8-9H,2-7H2,1H3,(H2,13,16)(H,14,19)(H,17,18)/t9-/m1/s1. The summed E-state index contributed by atoms with van der Waals surface area (Å²) in [4.78, 5) is 35.0. The third-order valence-electron chi connectivity index (χ3n) is 3.22. The van der Waals surface area contributed by atoms with Crippen molar-refractivity contribution >= 4 is 17.9 Å². The molecule has 0 aliphatic carbocycles. The molecule has 114 valence electrons. The fraction of sp³-hybridized carbons (Fsp3) is 0.750. The number of carboxylic acids is 1. The summed E-state index contributed by atoms with van der Waals surface area (Å²) in [6.07, 6.45) is 1.33. The summed E-state index contributed by atoms with van der Waals surface area (Å²) in [6, 6.07) is -1.82. The first-order valence-corrected chi connectivity index (χ1v) is 6.50. The van der Waals surface area contributed by atoms with Gasteiger partial charge in [0.05, 0.1) is 6.42 Å². The summed E-state index contributed by atoms with van der Waals surface area (Å²) in [6.45, 7) is 1.89. The Kier molecular flexibility index (Phi) is 6.23. The Morgan fingerprint density at radius 1 is 1.40 bits per heavy atom. The van der Waals surface area contributed by atoms with Gasteiger partial charge >= 0.3 is 12.0 Å². The second-order valence-corrected chi connectivity index (χ2v) is 4.95. The molecule has 0 aromatic heterocycles. The summed E-state index contributed by atoms with van der Waals surface area (Å²) in [5.41, 5.74) is 4.95. The Hall–Kier alpha value is -1.83. The number of urea groups is 1. The maximum atomic E-state index is 11.9. The van der Waals surface area contributed by atoms with E-state index in [1.54, 1.807) is 7.05 Å². The molecule has 1 heterocycles. The second kappa shape index (κ2) is 7.68. The van der Waals surface area contributed by atoms with Crippen LogP contribution in [0, 0.1) is 5.92 Å². The normalized spacial score (nSPS) is 17.2. The van der Waals surface area contributed by atoms with Crippen molar-refractivity contribution in [3.8, 4) is 0 Å². The van der Waals surface area contributed by atoms with Crippen LogP contribution in [0.2, 0.25) is 0 Å². The minimum absolute atomic E-state index is 0.346. The van der Waals surface area contributed by atoms with E-state index in [1.807, 2.05) is 0 Å². The van der Waals surface area contributed by atoms with Gasteiger partial charge in [-0.3, -0.25) is 4.79 Å². The zero-order valence-corrected chi connectivity index (χ0v) is 11.5. The molecule has 0 radical (unpaired) electrons. The smallest absolute Gasteiger partial charge is 0.326 e. The van der Waals surface area contributed by atoms with Crippen LogP contribution in [0.15, 0.2) is 0 Å². The van der Waals surface area contributed by atoms with Gasteiger partial charge in [0.1, 0.15) is 6.04 Å². The van der Waals surface area contributed by atoms with Crippen molar-refractivity contribution in [1.82, 2.24) is 10.2 Å².